The highest BCUT2D eigenvalue weighted by atomic mass is 127. The highest BCUT2D eigenvalue weighted by molar-refractivity contribution is 14.1. The first-order valence-corrected chi connectivity index (χ1v) is 8.80. The topological polar surface area (TPSA) is 29.1 Å². The molecule has 0 saturated heterocycles. The van der Waals surface area contributed by atoms with Crippen LogP contribution in [-0.4, -0.2) is 11.9 Å². The lowest BCUT2D eigenvalue weighted by molar-refractivity contribution is 0.0929. The van der Waals surface area contributed by atoms with Gasteiger partial charge in [-0.25, -0.2) is 0 Å². The van der Waals surface area contributed by atoms with E-state index in [0.29, 0.717) is 6.04 Å². The molecule has 0 radical (unpaired) electrons. The van der Waals surface area contributed by atoms with Gasteiger partial charge >= 0.3 is 0 Å². The van der Waals surface area contributed by atoms with Gasteiger partial charge in [0.25, 0.3) is 5.91 Å². The van der Waals surface area contributed by atoms with Gasteiger partial charge in [0.15, 0.2) is 0 Å². The molecular weight excluding hydrogens is 417 g/mol. The summed E-state index contributed by atoms with van der Waals surface area (Å²) in [6.07, 6.45) is 8.67. The third-order valence-electron chi connectivity index (χ3n) is 3.61. The van der Waals surface area contributed by atoms with E-state index < -0.39 is 0 Å². The first kappa shape index (κ1) is 15.3. The summed E-state index contributed by atoms with van der Waals surface area (Å²) in [5.74, 6) is 0.0518. The molecule has 0 bridgehead atoms. The molecule has 1 aromatic carbocycles. The molecule has 0 atom stereocenters. The van der Waals surface area contributed by atoms with Gasteiger partial charge in [0.05, 0.1) is 5.56 Å². The highest BCUT2D eigenvalue weighted by Gasteiger charge is 2.17. The number of halogens is 2. The Hall–Kier alpha value is -0.100. The van der Waals surface area contributed by atoms with Crippen LogP contribution in [0.25, 0.3) is 0 Å². The van der Waals surface area contributed by atoms with Gasteiger partial charge in [0.2, 0.25) is 0 Å². The largest absolute Gasteiger partial charge is 0.349 e. The Labute approximate surface area is 137 Å². The summed E-state index contributed by atoms with van der Waals surface area (Å²) in [6, 6.07) is 6.21. The zero-order chi connectivity index (χ0) is 13.7. The molecule has 0 aliphatic heterocycles. The van der Waals surface area contributed by atoms with Crippen molar-refractivity contribution in [2.24, 2.45) is 0 Å². The second kappa shape index (κ2) is 7.62. The Bertz CT molecular complexity index is 442. The Kier molecular flexibility index (Phi) is 6.13. The smallest absolute Gasteiger partial charge is 0.252 e. The van der Waals surface area contributed by atoms with E-state index in [0.717, 1.165) is 26.4 Å². The second-order valence-corrected chi connectivity index (χ2v) is 7.24. The Morgan fingerprint density at radius 1 is 1.16 bits per heavy atom. The van der Waals surface area contributed by atoms with E-state index in [2.05, 4.69) is 43.8 Å². The fraction of sp³-hybridized carbons (Fsp3) is 0.533. The summed E-state index contributed by atoms with van der Waals surface area (Å²) in [7, 11) is 0. The van der Waals surface area contributed by atoms with E-state index in [1.165, 1.54) is 32.1 Å². The number of rotatable bonds is 2. The molecule has 1 aliphatic rings. The van der Waals surface area contributed by atoms with Gasteiger partial charge in [-0.05, 0) is 69.6 Å². The lowest BCUT2D eigenvalue weighted by atomic mass is 9.96. The molecule has 19 heavy (non-hydrogen) atoms. The minimum Gasteiger partial charge on any atom is -0.349 e. The van der Waals surface area contributed by atoms with Crippen LogP contribution in [0, 0.1) is 3.57 Å². The van der Waals surface area contributed by atoms with Crippen LogP contribution in [-0.2, 0) is 0 Å². The monoisotopic (exact) mass is 435 g/mol. The average molecular weight is 436 g/mol. The minimum absolute atomic E-state index is 0.0518. The van der Waals surface area contributed by atoms with E-state index in [1.807, 2.05) is 18.2 Å². The molecule has 1 saturated carbocycles. The maximum absolute atomic E-state index is 12.3. The van der Waals surface area contributed by atoms with Crippen LogP contribution in [0.15, 0.2) is 22.7 Å². The molecule has 0 unspecified atom stereocenters. The zero-order valence-corrected chi connectivity index (χ0v) is 14.7. The quantitative estimate of drug-likeness (QED) is 0.658. The number of hydrogen-bond acceptors (Lipinski definition) is 1. The summed E-state index contributed by atoms with van der Waals surface area (Å²) < 4.78 is 1.96. The van der Waals surface area contributed by atoms with Crippen molar-refractivity contribution >= 4 is 44.4 Å². The van der Waals surface area contributed by atoms with Crippen LogP contribution in [0.4, 0.5) is 0 Å². The molecule has 1 aliphatic carbocycles. The Morgan fingerprint density at radius 2 is 1.79 bits per heavy atom. The van der Waals surface area contributed by atoms with Crippen molar-refractivity contribution < 1.29 is 4.79 Å². The molecule has 1 N–H and O–H groups in total. The SMILES string of the molecule is O=C(NC1CCCCCCC1)c1cc(I)ccc1Br. The van der Waals surface area contributed by atoms with E-state index >= 15 is 0 Å². The van der Waals surface area contributed by atoms with E-state index in [1.54, 1.807) is 0 Å². The maximum atomic E-state index is 12.3. The predicted octanol–water partition coefficient (Wildman–Crippen LogP) is 4.90. The summed E-state index contributed by atoms with van der Waals surface area (Å²) >= 11 is 5.70. The van der Waals surface area contributed by atoms with Gasteiger partial charge < -0.3 is 5.32 Å². The van der Waals surface area contributed by atoms with Crippen LogP contribution in [0.2, 0.25) is 0 Å². The van der Waals surface area contributed by atoms with Crippen molar-refractivity contribution in [2.75, 3.05) is 0 Å². The fourth-order valence-electron chi connectivity index (χ4n) is 2.54. The van der Waals surface area contributed by atoms with Crippen molar-refractivity contribution in [3.63, 3.8) is 0 Å². The molecular formula is C15H19BrINO. The first-order valence-electron chi connectivity index (χ1n) is 6.93. The minimum atomic E-state index is 0.0518. The van der Waals surface area contributed by atoms with Crippen LogP contribution in [0.5, 0.6) is 0 Å². The molecule has 0 aromatic heterocycles. The maximum Gasteiger partial charge on any atom is 0.252 e. The molecule has 104 valence electrons. The number of nitrogens with one attached hydrogen (secondary N) is 1. The van der Waals surface area contributed by atoms with E-state index in [9.17, 15) is 4.79 Å². The Balaban J connectivity index is 2.00. The van der Waals surface area contributed by atoms with Crippen LogP contribution in [0.1, 0.15) is 55.3 Å². The van der Waals surface area contributed by atoms with Gasteiger partial charge in [-0.2, -0.15) is 0 Å². The van der Waals surface area contributed by atoms with Gasteiger partial charge in [-0.1, -0.05) is 32.1 Å². The molecule has 1 aromatic rings. The van der Waals surface area contributed by atoms with Gasteiger partial charge in [-0.3, -0.25) is 4.79 Å². The summed E-state index contributed by atoms with van der Waals surface area (Å²) in [5, 5.41) is 3.20. The summed E-state index contributed by atoms with van der Waals surface area (Å²) in [4.78, 5) is 12.3. The molecule has 1 amide bonds. The van der Waals surface area contributed by atoms with Gasteiger partial charge in [-0.15, -0.1) is 0 Å². The number of amides is 1. The molecule has 2 rings (SSSR count). The molecule has 4 heteroatoms. The van der Waals surface area contributed by atoms with Gasteiger partial charge in [0.1, 0.15) is 0 Å². The van der Waals surface area contributed by atoms with Gasteiger partial charge in [0, 0.05) is 14.1 Å². The number of carbonyl (C=O) groups is 1. The molecule has 0 heterocycles. The highest BCUT2D eigenvalue weighted by Crippen LogP contribution is 2.21. The molecule has 2 nitrogen and oxygen atoms in total. The number of hydrogen-bond donors (Lipinski definition) is 1. The van der Waals surface area contributed by atoms with Crippen molar-refractivity contribution in [1.29, 1.82) is 0 Å². The number of benzene rings is 1. The third-order valence-corrected chi connectivity index (χ3v) is 4.98. The molecule has 0 spiro atoms. The Morgan fingerprint density at radius 3 is 2.47 bits per heavy atom. The molecule has 1 fully saturated rings. The zero-order valence-electron chi connectivity index (χ0n) is 10.9. The first-order chi connectivity index (χ1) is 9.16. The van der Waals surface area contributed by atoms with Crippen molar-refractivity contribution in [3.8, 4) is 0 Å². The van der Waals surface area contributed by atoms with Crippen molar-refractivity contribution in [2.45, 2.75) is 51.0 Å². The fourth-order valence-corrected chi connectivity index (χ4v) is 3.45. The second-order valence-electron chi connectivity index (χ2n) is 5.14. The summed E-state index contributed by atoms with van der Waals surface area (Å²) in [5.41, 5.74) is 0.744. The van der Waals surface area contributed by atoms with E-state index in [-0.39, 0.29) is 5.91 Å². The lowest BCUT2D eigenvalue weighted by Gasteiger charge is -2.21. The third kappa shape index (κ3) is 4.74. The van der Waals surface area contributed by atoms with Crippen LogP contribution in [0.3, 0.4) is 0 Å². The van der Waals surface area contributed by atoms with E-state index in [4.69, 9.17) is 0 Å². The van der Waals surface area contributed by atoms with Crippen LogP contribution >= 0.6 is 38.5 Å². The van der Waals surface area contributed by atoms with Crippen molar-refractivity contribution in [1.82, 2.24) is 5.32 Å². The van der Waals surface area contributed by atoms with Crippen molar-refractivity contribution in [3.05, 3.63) is 31.8 Å². The standard InChI is InChI=1S/C15H19BrINO/c16-14-9-8-11(17)10-13(14)15(19)18-12-6-4-2-1-3-5-7-12/h8-10,12H,1-7H2,(H,18,19). The lowest BCUT2D eigenvalue weighted by Crippen LogP contribution is -2.35. The number of carbonyl (C=O) groups excluding carboxylic acids is 1. The van der Waals surface area contributed by atoms with Crippen LogP contribution < -0.4 is 5.32 Å². The summed E-state index contributed by atoms with van der Waals surface area (Å²) in [6.45, 7) is 0. The normalized spacial score (nSPS) is 17.6. The predicted molar refractivity (Wildman–Crippen MR) is 90.4 cm³/mol. The average Bonchev–Trinajstić information content (AvgIpc) is 2.35.